The lowest BCUT2D eigenvalue weighted by Crippen LogP contribution is -2.05. The molecule has 0 aromatic heterocycles. The minimum Gasteiger partial charge on any atom is -0.454 e. The number of benzene rings is 2. The second-order valence-electron chi connectivity index (χ2n) is 4.04. The van der Waals surface area contributed by atoms with Crippen molar-refractivity contribution in [1.82, 2.24) is 0 Å². The lowest BCUT2D eigenvalue weighted by Gasteiger charge is -2.11. The van der Waals surface area contributed by atoms with Crippen molar-refractivity contribution < 1.29 is 22.3 Å². The third-order valence-electron chi connectivity index (χ3n) is 2.55. The molecule has 0 aliphatic carbocycles. The van der Waals surface area contributed by atoms with Gasteiger partial charge in [0.1, 0.15) is 5.75 Å². The molecule has 0 aliphatic rings. The molecule has 0 bridgehead atoms. The highest BCUT2D eigenvalue weighted by molar-refractivity contribution is 5.65. The molecule has 3 nitrogen and oxygen atoms in total. The molecule has 0 radical (unpaired) electrons. The average molecular weight is 286 g/mol. The number of halogens is 4. The van der Waals surface area contributed by atoms with Crippen molar-refractivity contribution in [2.45, 2.75) is 6.18 Å². The van der Waals surface area contributed by atoms with E-state index in [4.69, 9.17) is 16.2 Å². The number of hydrogen-bond donors (Lipinski definition) is 2. The number of nitrogens with two attached hydrogens (primary N) is 2. The van der Waals surface area contributed by atoms with Crippen LogP contribution in [0.15, 0.2) is 36.4 Å². The van der Waals surface area contributed by atoms with Crippen molar-refractivity contribution in [1.29, 1.82) is 0 Å². The van der Waals surface area contributed by atoms with E-state index in [1.165, 1.54) is 18.2 Å². The van der Waals surface area contributed by atoms with Gasteiger partial charge >= 0.3 is 6.18 Å². The lowest BCUT2D eigenvalue weighted by molar-refractivity contribution is -0.137. The smallest absolute Gasteiger partial charge is 0.416 e. The largest absolute Gasteiger partial charge is 0.454 e. The van der Waals surface area contributed by atoms with Crippen LogP contribution in [0, 0.1) is 5.82 Å². The summed E-state index contributed by atoms with van der Waals surface area (Å²) < 4.78 is 55.9. The average Bonchev–Trinajstić information content (AvgIpc) is 2.35. The van der Waals surface area contributed by atoms with Crippen molar-refractivity contribution in [3.05, 3.63) is 47.8 Å². The van der Waals surface area contributed by atoms with Gasteiger partial charge in [-0.05, 0) is 30.3 Å². The van der Waals surface area contributed by atoms with Crippen molar-refractivity contribution in [2.75, 3.05) is 11.5 Å². The highest BCUT2D eigenvalue weighted by Crippen LogP contribution is 2.34. The number of hydrogen-bond acceptors (Lipinski definition) is 3. The van der Waals surface area contributed by atoms with Crippen molar-refractivity contribution in [3.63, 3.8) is 0 Å². The van der Waals surface area contributed by atoms with E-state index in [0.717, 1.165) is 12.1 Å². The molecule has 0 saturated heterocycles. The Morgan fingerprint density at radius 2 is 1.60 bits per heavy atom. The van der Waals surface area contributed by atoms with Crippen molar-refractivity contribution in [2.24, 2.45) is 0 Å². The molecule has 0 spiro atoms. The van der Waals surface area contributed by atoms with Crippen molar-refractivity contribution >= 4 is 11.4 Å². The van der Waals surface area contributed by atoms with Crippen LogP contribution in [0.2, 0.25) is 0 Å². The maximum absolute atomic E-state index is 13.6. The van der Waals surface area contributed by atoms with E-state index in [9.17, 15) is 17.6 Å². The van der Waals surface area contributed by atoms with Crippen LogP contribution in [0.5, 0.6) is 11.5 Å². The van der Waals surface area contributed by atoms with E-state index in [1.54, 1.807) is 0 Å². The van der Waals surface area contributed by atoms with Gasteiger partial charge in [-0.15, -0.1) is 0 Å². The number of rotatable bonds is 2. The van der Waals surface area contributed by atoms with Crippen LogP contribution in [0.25, 0.3) is 0 Å². The Hall–Kier alpha value is -2.44. The number of anilines is 2. The Kier molecular flexibility index (Phi) is 3.44. The van der Waals surface area contributed by atoms with Crippen LogP contribution < -0.4 is 16.2 Å². The molecule has 4 N–H and O–H groups in total. The maximum atomic E-state index is 13.6. The Morgan fingerprint density at radius 3 is 2.15 bits per heavy atom. The molecular formula is C13H10F4N2O. The molecule has 20 heavy (non-hydrogen) atoms. The van der Waals surface area contributed by atoms with Crippen LogP contribution >= 0.6 is 0 Å². The lowest BCUT2D eigenvalue weighted by atomic mass is 10.2. The van der Waals surface area contributed by atoms with Gasteiger partial charge in [-0.3, -0.25) is 0 Å². The van der Waals surface area contributed by atoms with E-state index >= 15 is 0 Å². The highest BCUT2D eigenvalue weighted by Gasteiger charge is 2.31. The first-order valence-electron chi connectivity index (χ1n) is 5.47. The topological polar surface area (TPSA) is 61.3 Å². The van der Waals surface area contributed by atoms with Crippen LogP contribution in [0.1, 0.15) is 5.56 Å². The van der Waals surface area contributed by atoms with Gasteiger partial charge in [-0.1, -0.05) is 0 Å². The summed E-state index contributed by atoms with van der Waals surface area (Å²) in [6, 6.07) is 6.25. The second-order valence-corrected chi connectivity index (χ2v) is 4.04. The first-order valence-corrected chi connectivity index (χ1v) is 5.47. The zero-order valence-corrected chi connectivity index (χ0v) is 10.0. The molecule has 0 unspecified atom stereocenters. The number of alkyl halides is 3. The minimum atomic E-state index is -4.61. The van der Waals surface area contributed by atoms with Crippen LogP contribution in [-0.4, -0.2) is 0 Å². The van der Waals surface area contributed by atoms with Gasteiger partial charge in [0.05, 0.1) is 16.9 Å². The zero-order valence-electron chi connectivity index (χ0n) is 10.0. The van der Waals surface area contributed by atoms with Crippen molar-refractivity contribution in [3.8, 4) is 11.5 Å². The maximum Gasteiger partial charge on any atom is 0.416 e. The molecule has 0 aliphatic heterocycles. The summed E-state index contributed by atoms with van der Waals surface area (Å²) in [7, 11) is 0. The van der Waals surface area contributed by atoms with E-state index in [1.807, 2.05) is 0 Å². The molecule has 7 heteroatoms. The normalized spacial score (nSPS) is 11.4. The van der Waals surface area contributed by atoms with Gasteiger partial charge < -0.3 is 16.2 Å². The predicted octanol–water partition coefficient (Wildman–Crippen LogP) is 3.80. The van der Waals surface area contributed by atoms with Crippen LogP contribution in [0.4, 0.5) is 28.9 Å². The molecule has 106 valence electrons. The zero-order chi connectivity index (χ0) is 14.9. The summed E-state index contributed by atoms with van der Waals surface area (Å²) in [5.41, 5.74) is 10.5. The summed E-state index contributed by atoms with van der Waals surface area (Å²) in [4.78, 5) is 0. The molecule has 2 aromatic rings. The molecule has 0 fully saturated rings. The summed E-state index contributed by atoms with van der Waals surface area (Å²) in [6.45, 7) is 0. The van der Waals surface area contributed by atoms with Crippen LogP contribution in [0.3, 0.4) is 0 Å². The molecule has 0 saturated carbocycles. The summed E-state index contributed by atoms with van der Waals surface area (Å²) in [5.74, 6) is -1.27. The van der Waals surface area contributed by atoms with Gasteiger partial charge in [0, 0.05) is 6.07 Å². The summed E-state index contributed by atoms with van der Waals surface area (Å²) >= 11 is 0. The minimum absolute atomic E-state index is 0.176. The standard InChI is InChI=1S/C13H10F4N2O/c14-9-5-7(13(15,16)17)1-4-12(9)20-8-2-3-10(18)11(19)6-8/h1-6H,18-19H2. The third kappa shape index (κ3) is 2.93. The number of ether oxygens (including phenoxy) is 1. The number of nitrogen functional groups attached to an aromatic ring is 2. The molecule has 2 aromatic carbocycles. The highest BCUT2D eigenvalue weighted by atomic mass is 19.4. The van der Waals surface area contributed by atoms with Gasteiger partial charge in [0.2, 0.25) is 0 Å². The first-order chi connectivity index (χ1) is 9.27. The fourth-order valence-corrected chi connectivity index (χ4v) is 1.50. The fourth-order valence-electron chi connectivity index (χ4n) is 1.50. The molecule has 2 rings (SSSR count). The van der Waals surface area contributed by atoms with E-state index in [2.05, 4.69) is 0 Å². The third-order valence-corrected chi connectivity index (χ3v) is 2.55. The van der Waals surface area contributed by atoms with E-state index < -0.39 is 17.6 Å². The van der Waals surface area contributed by atoms with Gasteiger partial charge in [0.15, 0.2) is 11.6 Å². The molecular weight excluding hydrogens is 276 g/mol. The monoisotopic (exact) mass is 286 g/mol. The van der Waals surface area contributed by atoms with Gasteiger partial charge in [-0.25, -0.2) is 4.39 Å². The first kappa shape index (κ1) is 14.0. The predicted molar refractivity (Wildman–Crippen MR) is 66.7 cm³/mol. The van der Waals surface area contributed by atoms with Gasteiger partial charge in [0.25, 0.3) is 0 Å². The van der Waals surface area contributed by atoms with E-state index in [0.29, 0.717) is 11.8 Å². The van der Waals surface area contributed by atoms with Gasteiger partial charge in [-0.2, -0.15) is 13.2 Å². The van der Waals surface area contributed by atoms with Crippen LogP contribution in [-0.2, 0) is 6.18 Å². The Balaban J connectivity index is 2.28. The summed E-state index contributed by atoms with van der Waals surface area (Å²) in [6.07, 6.45) is -4.61. The molecule has 0 heterocycles. The molecule has 0 amide bonds. The Bertz CT molecular complexity index is 641. The Morgan fingerprint density at radius 1 is 0.900 bits per heavy atom. The summed E-state index contributed by atoms with van der Waals surface area (Å²) in [5, 5.41) is 0. The van der Waals surface area contributed by atoms with E-state index in [-0.39, 0.29) is 17.2 Å². The SMILES string of the molecule is Nc1ccc(Oc2ccc(C(F)(F)F)cc2F)cc1N. The fraction of sp³-hybridized carbons (Fsp3) is 0.0769. The quantitative estimate of drug-likeness (QED) is 0.652. The molecule has 0 atom stereocenters. The second kappa shape index (κ2) is 4.92. The Labute approximate surface area is 111 Å².